The van der Waals surface area contributed by atoms with Crippen LogP contribution < -0.4 is 4.90 Å². The molecule has 2 heterocycles. The highest BCUT2D eigenvalue weighted by atomic mass is 19.1. The third-order valence-electron chi connectivity index (χ3n) is 7.90. The Balaban J connectivity index is 1.40. The number of ether oxygens (including phenoxy) is 1. The van der Waals surface area contributed by atoms with Crippen molar-refractivity contribution in [1.29, 1.82) is 0 Å². The molecular weight excluding hydrogens is 530 g/mol. The maximum atomic E-state index is 14.0. The summed E-state index contributed by atoms with van der Waals surface area (Å²) in [6.07, 6.45) is 4.32. The molecule has 0 bridgehead atoms. The predicted octanol–water partition coefficient (Wildman–Crippen LogP) is 6.15. The molecule has 0 spiro atoms. The van der Waals surface area contributed by atoms with Gasteiger partial charge in [0.2, 0.25) is 0 Å². The summed E-state index contributed by atoms with van der Waals surface area (Å²) in [6, 6.07) is 16.2. The number of nitrogens with zero attached hydrogens (tertiary/aromatic N) is 4. The molecule has 3 aliphatic rings. The Bertz CT molecular complexity index is 1530. The predicted molar refractivity (Wildman–Crippen MR) is 151 cm³/mol. The molecule has 6 rings (SSSR count). The van der Waals surface area contributed by atoms with Crippen molar-refractivity contribution in [2.24, 2.45) is 11.0 Å². The fourth-order valence-electron chi connectivity index (χ4n) is 5.93. The lowest BCUT2D eigenvalue weighted by Crippen LogP contribution is -2.36. The number of hydrogen-bond acceptors (Lipinski definition) is 6. The number of morpholine rings is 1. The van der Waals surface area contributed by atoms with Gasteiger partial charge in [-0.2, -0.15) is 5.10 Å². The molecule has 0 unspecified atom stereocenters. The second-order valence-corrected chi connectivity index (χ2v) is 10.4. The molecule has 1 saturated carbocycles. The highest BCUT2D eigenvalue weighted by Gasteiger charge is 2.44. The summed E-state index contributed by atoms with van der Waals surface area (Å²) >= 11 is 0. The molecule has 41 heavy (non-hydrogen) atoms. The van der Waals surface area contributed by atoms with E-state index in [4.69, 9.17) is 9.84 Å². The van der Waals surface area contributed by atoms with Crippen LogP contribution in [0.4, 0.5) is 20.2 Å². The second-order valence-electron chi connectivity index (χ2n) is 10.4. The van der Waals surface area contributed by atoms with Gasteiger partial charge in [0, 0.05) is 30.6 Å². The van der Waals surface area contributed by atoms with Crippen LogP contribution in [0.3, 0.4) is 0 Å². The molecule has 8 nitrogen and oxygen atoms in total. The lowest BCUT2D eigenvalue weighted by atomic mass is 9.77. The molecule has 0 aromatic heterocycles. The number of benzene rings is 3. The Labute approximate surface area is 235 Å². The summed E-state index contributed by atoms with van der Waals surface area (Å²) in [6.45, 7) is 1.98. The van der Waals surface area contributed by atoms with Crippen LogP contribution in [0.1, 0.15) is 46.8 Å². The normalized spacial score (nSPS) is 21.5. The molecule has 2 fully saturated rings. The van der Waals surface area contributed by atoms with Gasteiger partial charge in [0.1, 0.15) is 17.3 Å². The molecule has 3 aromatic carbocycles. The third kappa shape index (κ3) is 5.35. The van der Waals surface area contributed by atoms with Gasteiger partial charge in [-0.3, -0.25) is 14.9 Å². The summed E-state index contributed by atoms with van der Waals surface area (Å²) in [5.41, 5.74) is 3.68. The molecule has 1 saturated heterocycles. The van der Waals surface area contributed by atoms with E-state index >= 15 is 0 Å². The van der Waals surface area contributed by atoms with E-state index in [1.54, 1.807) is 36.4 Å². The first-order valence-corrected chi connectivity index (χ1v) is 13.6. The highest BCUT2D eigenvalue weighted by molar-refractivity contribution is 6.09. The van der Waals surface area contributed by atoms with Crippen LogP contribution in [0.2, 0.25) is 0 Å². The van der Waals surface area contributed by atoms with Crippen molar-refractivity contribution in [3.05, 3.63) is 111 Å². The fraction of sp³-hybridized carbons (Fsp3) is 0.290. The van der Waals surface area contributed by atoms with Crippen LogP contribution in [0.5, 0.6) is 0 Å². The van der Waals surface area contributed by atoms with Crippen LogP contribution in [-0.2, 0) is 4.74 Å². The Morgan fingerprint density at radius 2 is 1.68 bits per heavy atom. The summed E-state index contributed by atoms with van der Waals surface area (Å²) in [5.74, 6) is -1.33. The monoisotopic (exact) mass is 558 g/mol. The van der Waals surface area contributed by atoms with Crippen LogP contribution in [0, 0.1) is 27.7 Å². The first-order chi connectivity index (χ1) is 19.9. The number of halogens is 2. The highest BCUT2D eigenvalue weighted by Crippen LogP contribution is 2.45. The van der Waals surface area contributed by atoms with E-state index in [0.717, 1.165) is 41.7 Å². The van der Waals surface area contributed by atoms with E-state index < -0.39 is 16.9 Å². The summed E-state index contributed by atoms with van der Waals surface area (Å²) in [5, 5.41) is 18.3. The standard InChI is InChI=1S/C31H28F2N4O4/c32-24-9-4-20(5-10-24)18-22-2-1-3-26-29(22)34-36(30(26)21-6-11-25(33)12-7-21)31(38)23-8-13-27(28(19-23)37(39)40)35-14-16-41-17-15-35/h4-13,18-19,26,30H,1-3,14-17H2/b22-18-/t26-,30-/m0/s1. The van der Waals surface area contributed by atoms with Crippen molar-refractivity contribution >= 4 is 29.1 Å². The topological polar surface area (TPSA) is 88.3 Å². The van der Waals surface area contributed by atoms with Crippen molar-refractivity contribution in [2.45, 2.75) is 25.3 Å². The number of fused-ring (bicyclic) bond motifs is 1. The molecule has 2 aliphatic heterocycles. The van der Waals surface area contributed by atoms with Gasteiger partial charge in [0.15, 0.2) is 0 Å². The van der Waals surface area contributed by atoms with E-state index in [1.807, 2.05) is 11.0 Å². The first kappa shape index (κ1) is 26.8. The minimum Gasteiger partial charge on any atom is -0.378 e. The van der Waals surface area contributed by atoms with Crippen LogP contribution in [0.15, 0.2) is 77.4 Å². The first-order valence-electron chi connectivity index (χ1n) is 13.6. The summed E-state index contributed by atoms with van der Waals surface area (Å²) in [4.78, 5) is 27.5. The Morgan fingerprint density at radius 3 is 2.37 bits per heavy atom. The zero-order valence-corrected chi connectivity index (χ0v) is 22.2. The number of nitro groups is 1. The number of hydrogen-bond donors (Lipinski definition) is 0. The van der Waals surface area contributed by atoms with Gasteiger partial charge in [-0.1, -0.05) is 24.3 Å². The number of allylic oxidation sites excluding steroid dienone is 1. The third-order valence-corrected chi connectivity index (χ3v) is 7.90. The average Bonchev–Trinajstić information content (AvgIpc) is 3.39. The SMILES string of the molecule is O=C(c1ccc(N2CCOCC2)c([N+](=O)[O-])c1)N1N=C2/C(=C\c3ccc(F)cc3)CCC[C@@H]2[C@@H]1c1ccc(F)cc1. The molecule has 1 amide bonds. The number of rotatable bonds is 5. The Morgan fingerprint density at radius 1 is 1.00 bits per heavy atom. The molecule has 2 atom stereocenters. The number of nitro benzene ring substituents is 1. The number of amides is 1. The van der Waals surface area contributed by atoms with Crippen molar-refractivity contribution < 1.29 is 23.2 Å². The average molecular weight is 559 g/mol. The van der Waals surface area contributed by atoms with E-state index in [-0.39, 0.29) is 28.8 Å². The molecule has 10 heteroatoms. The fourth-order valence-corrected chi connectivity index (χ4v) is 5.93. The van der Waals surface area contributed by atoms with E-state index in [9.17, 15) is 23.7 Å². The number of carbonyl (C=O) groups is 1. The Hall–Kier alpha value is -4.44. The maximum Gasteiger partial charge on any atom is 0.293 e. The zero-order chi connectivity index (χ0) is 28.5. The molecular formula is C31H28F2N4O4. The lowest BCUT2D eigenvalue weighted by Gasteiger charge is -2.30. The number of anilines is 1. The largest absolute Gasteiger partial charge is 0.378 e. The maximum absolute atomic E-state index is 14.0. The van der Waals surface area contributed by atoms with E-state index in [0.29, 0.717) is 32.0 Å². The smallest absolute Gasteiger partial charge is 0.293 e. The van der Waals surface area contributed by atoms with Gasteiger partial charge >= 0.3 is 0 Å². The quantitative estimate of drug-likeness (QED) is 0.277. The van der Waals surface area contributed by atoms with E-state index in [1.165, 1.54) is 35.3 Å². The summed E-state index contributed by atoms with van der Waals surface area (Å²) in [7, 11) is 0. The molecule has 3 aromatic rings. The van der Waals surface area contributed by atoms with Crippen molar-refractivity contribution in [3.8, 4) is 0 Å². The molecule has 1 aliphatic carbocycles. The molecule has 0 radical (unpaired) electrons. The van der Waals surface area contributed by atoms with E-state index in [2.05, 4.69) is 0 Å². The van der Waals surface area contributed by atoms with Gasteiger partial charge in [0.25, 0.3) is 11.6 Å². The number of carbonyl (C=O) groups excluding carboxylic acids is 1. The molecule has 0 N–H and O–H groups in total. The van der Waals surface area contributed by atoms with Crippen molar-refractivity contribution in [3.63, 3.8) is 0 Å². The van der Waals surface area contributed by atoms with Gasteiger partial charge in [0.05, 0.1) is 29.9 Å². The second kappa shape index (κ2) is 11.2. The van der Waals surface area contributed by atoms with Gasteiger partial charge in [-0.05, 0) is 78.4 Å². The van der Waals surface area contributed by atoms with Gasteiger partial charge < -0.3 is 9.64 Å². The van der Waals surface area contributed by atoms with Gasteiger partial charge in [-0.15, -0.1) is 0 Å². The van der Waals surface area contributed by atoms with Crippen molar-refractivity contribution in [1.82, 2.24) is 5.01 Å². The Kier molecular flexibility index (Phi) is 7.32. The van der Waals surface area contributed by atoms with Gasteiger partial charge in [-0.25, -0.2) is 13.8 Å². The van der Waals surface area contributed by atoms with Crippen LogP contribution in [-0.4, -0.2) is 47.9 Å². The number of hydrazone groups is 1. The minimum absolute atomic E-state index is 0.146. The lowest BCUT2D eigenvalue weighted by molar-refractivity contribution is -0.384. The molecule has 210 valence electrons. The summed E-state index contributed by atoms with van der Waals surface area (Å²) < 4.78 is 32.7. The minimum atomic E-state index is -0.506. The van der Waals surface area contributed by atoms with Crippen LogP contribution >= 0.6 is 0 Å². The van der Waals surface area contributed by atoms with Crippen LogP contribution in [0.25, 0.3) is 6.08 Å². The zero-order valence-electron chi connectivity index (χ0n) is 22.2. The van der Waals surface area contributed by atoms with Crippen molar-refractivity contribution in [2.75, 3.05) is 31.2 Å².